The lowest BCUT2D eigenvalue weighted by molar-refractivity contribution is -0.220. The van der Waals surface area contributed by atoms with E-state index in [4.69, 9.17) is 9.05 Å². The molecule has 0 heterocycles. The lowest BCUT2D eigenvalue weighted by Crippen LogP contribution is -2.64. The van der Waals surface area contributed by atoms with Crippen LogP contribution >= 0.6 is 7.82 Å². The van der Waals surface area contributed by atoms with Crippen LogP contribution in [0.1, 0.15) is 168 Å². The third-order valence-corrected chi connectivity index (χ3v) is 11.6. The Morgan fingerprint density at radius 2 is 1.02 bits per heavy atom. The van der Waals surface area contributed by atoms with Crippen molar-refractivity contribution in [2.45, 2.75) is 223 Å². The van der Waals surface area contributed by atoms with E-state index in [9.17, 15) is 50.0 Å². The van der Waals surface area contributed by atoms with E-state index in [-0.39, 0.29) is 6.42 Å². The molecule has 344 valence electrons. The van der Waals surface area contributed by atoms with E-state index in [1.165, 1.54) is 76.7 Å². The summed E-state index contributed by atoms with van der Waals surface area (Å²) < 4.78 is 22.8. The van der Waals surface area contributed by atoms with Crippen molar-refractivity contribution in [3.8, 4) is 0 Å². The van der Waals surface area contributed by atoms with Crippen LogP contribution in [-0.2, 0) is 18.4 Å². The Balaban J connectivity index is 2.59. The summed E-state index contributed by atoms with van der Waals surface area (Å²) in [5.74, 6) is -0.620. The number of amides is 1. The van der Waals surface area contributed by atoms with Gasteiger partial charge in [-0.1, -0.05) is 146 Å². The zero-order valence-electron chi connectivity index (χ0n) is 36.2. The number of aliphatic hydroxyl groups excluding tert-OH is 7. The molecule has 9 N–H and O–H groups in total. The van der Waals surface area contributed by atoms with E-state index in [0.29, 0.717) is 19.3 Å². The second kappa shape index (κ2) is 34.8. The number of hydrogen-bond acceptors (Lipinski definition) is 11. The van der Waals surface area contributed by atoms with Gasteiger partial charge in [-0.3, -0.25) is 13.8 Å². The third kappa shape index (κ3) is 27.0. The fourth-order valence-electron chi connectivity index (χ4n) is 6.84. The number of carbonyl (C=O) groups excluding carboxylic acids is 1. The highest BCUT2D eigenvalue weighted by Gasteiger charge is 2.51. The SMILES string of the molecule is CCCC/C=C\CCCCCC(O)CC(=O)NC(COP(=O)(O)OC1C(O)C(O)C(O)C(O)C1O)C(O)/C=C/CC/C=C/CC/C=C/CCCCCCCCCCCC. The molecule has 8 atom stereocenters. The lowest BCUT2D eigenvalue weighted by Gasteiger charge is -2.41. The molecule has 1 amide bonds. The summed E-state index contributed by atoms with van der Waals surface area (Å²) in [5, 5.41) is 74.2. The molecule has 14 heteroatoms. The van der Waals surface area contributed by atoms with Gasteiger partial charge >= 0.3 is 7.82 Å². The van der Waals surface area contributed by atoms with E-state index in [1.54, 1.807) is 6.08 Å². The summed E-state index contributed by atoms with van der Waals surface area (Å²) in [6, 6.07) is -1.27. The number of rotatable bonds is 36. The number of aliphatic hydroxyl groups is 7. The maximum atomic E-state index is 12.9. The normalized spacial score (nSPS) is 24.0. The molecule has 1 saturated carbocycles. The summed E-state index contributed by atoms with van der Waals surface area (Å²) in [4.78, 5) is 23.3. The highest BCUT2D eigenvalue weighted by molar-refractivity contribution is 7.47. The number of unbranched alkanes of at least 4 members (excludes halogenated alkanes) is 17. The zero-order chi connectivity index (χ0) is 43.7. The summed E-state index contributed by atoms with van der Waals surface area (Å²) >= 11 is 0. The predicted octanol–water partition coefficient (Wildman–Crippen LogP) is 7.14. The highest BCUT2D eigenvalue weighted by atomic mass is 31.2. The fraction of sp³-hybridized carbons (Fsp3) is 0.800. The van der Waals surface area contributed by atoms with Crippen LogP contribution in [0.4, 0.5) is 0 Å². The van der Waals surface area contributed by atoms with Crippen LogP contribution in [0, 0.1) is 0 Å². The second-order valence-electron chi connectivity index (χ2n) is 16.1. The topological polar surface area (TPSA) is 226 Å². The number of carbonyl (C=O) groups is 1. The molecule has 0 saturated heterocycles. The number of allylic oxidation sites excluding steroid dienone is 7. The Kier molecular flexibility index (Phi) is 32.6. The van der Waals surface area contributed by atoms with Gasteiger partial charge in [0.25, 0.3) is 0 Å². The average Bonchev–Trinajstić information content (AvgIpc) is 3.21. The Hall–Kier alpha value is -1.74. The standard InChI is InChI=1S/C45H82NO12P/c1-3-5-7-9-11-13-14-15-16-17-18-19-20-21-22-23-25-27-29-31-33-38(48)37(46-39(49)34-36(47)32-30-28-26-24-12-10-8-6-4-2)35-57-59(55,56)58-45-43(53)41(51)40(50)42(52)44(45)54/h10,12,19-20,23,25,31,33,36-38,40-45,47-48,50-54H,3-9,11,13-18,21-22,24,26-30,32,34-35H2,1-2H3,(H,46,49)(H,55,56)/b12-10-,20-19+,25-23+,33-31+. The maximum Gasteiger partial charge on any atom is 0.472 e. The van der Waals surface area contributed by atoms with Crippen molar-refractivity contribution in [3.63, 3.8) is 0 Å². The predicted molar refractivity (Wildman–Crippen MR) is 233 cm³/mol. The van der Waals surface area contributed by atoms with Crippen LogP contribution in [0.5, 0.6) is 0 Å². The van der Waals surface area contributed by atoms with Crippen LogP contribution in [0.3, 0.4) is 0 Å². The van der Waals surface area contributed by atoms with Crippen molar-refractivity contribution in [1.82, 2.24) is 5.32 Å². The van der Waals surface area contributed by atoms with Crippen LogP contribution in [-0.4, -0.2) is 108 Å². The zero-order valence-corrected chi connectivity index (χ0v) is 37.0. The molecule has 0 aromatic heterocycles. The van der Waals surface area contributed by atoms with Crippen LogP contribution in [0.15, 0.2) is 48.6 Å². The molecular weight excluding hydrogens is 777 g/mol. The van der Waals surface area contributed by atoms with Gasteiger partial charge in [0.1, 0.15) is 36.6 Å². The third-order valence-electron chi connectivity index (χ3n) is 10.6. The molecule has 0 aromatic carbocycles. The first-order chi connectivity index (χ1) is 28.3. The molecule has 0 aromatic rings. The monoisotopic (exact) mass is 860 g/mol. The largest absolute Gasteiger partial charge is 0.472 e. The molecule has 0 bridgehead atoms. The Morgan fingerprint density at radius 3 is 1.54 bits per heavy atom. The molecule has 1 fully saturated rings. The summed E-state index contributed by atoms with van der Waals surface area (Å²) in [5.41, 5.74) is 0. The molecule has 1 rings (SSSR count). The summed E-state index contributed by atoms with van der Waals surface area (Å²) in [7, 11) is -5.15. The minimum absolute atomic E-state index is 0.269. The number of hydrogen-bond donors (Lipinski definition) is 9. The molecule has 1 aliphatic rings. The molecule has 0 spiro atoms. The highest BCUT2D eigenvalue weighted by Crippen LogP contribution is 2.47. The van der Waals surface area contributed by atoms with Crippen LogP contribution in [0.25, 0.3) is 0 Å². The van der Waals surface area contributed by atoms with Gasteiger partial charge < -0.3 is 46.0 Å². The average molecular weight is 860 g/mol. The number of nitrogens with one attached hydrogen (secondary N) is 1. The molecule has 13 nitrogen and oxygen atoms in total. The van der Waals surface area contributed by atoms with Crippen molar-refractivity contribution in [1.29, 1.82) is 0 Å². The van der Waals surface area contributed by atoms with E-state index in [1.807, 2.05) is 0 Å². The molecule has 59 heavy (non-hydrogen) atoms. The van der Waals surface area contributed by atoms with Crippen molar-refractivity contribution in [2.24, 2.45) is 0 Å². The maximum absolute atomic E-state index is 12.9. The van der Waals surface area contributed by atoms with E-state index < -0.39 is 75.2 Å². The first kappa shape index (κ1) is 55.3. The number of phosphoric acid groups is 1. The molecular formula is C45H82NO12P. The van der Waals surface area contributed by atoms with Gasteiger partial charge in [-0.2, -0.15) is 0 Å². The molecule has 8 unspecified atom stereocenters. The molecule has 1 aliphatic carbocycles. The fourth-order valence-corrected chi connectivity index (χ4v) is 7.81. The van der Waals surface area contributed by atoms with Gasteiger partial charge in [0, 0.05) is 0 Å². The van der Waals surface area contributed by atoms with Gasteiger partial charge in [0.2, 0.25) is 5.91 Å². The lowest BCUT2D eigenvalue weighted by atomic mass is 9.85. The van der Waals surface area contributed by atoms with Crippen LogP contribution < -0.4 is 5.32 Å². The van der Waals surface area contributed by atoms with Gasteiger partial charge in [-0.15, -0.1) is 0 Å². The van der Waals surface area contributed by atoms with Crippen molar-refractivity contribution < 1.29 is 59.0 Å². The van der Waals surface area contributed by atoms with Gasteiger partial charge in [-0.05, 0) is 64.2 Å². The van der Waals surface area contributed by atoms with Crippen LogP contribution in [0.2, 0.25) is 0 Å². The molecule has 0 radical (unpaired) electrons. The molecule has 0 aliphatic heterocycles. The van der Waals surface area contributed by atoms with E-state index in [0.717, 1.165) is 57.8 Å². The van der Waals surface area contributed by atoms with Crippen molar-refractivity contribution >= 4 is 13.7 Å². The number of phosphoric ester groups is 1. The summed E-state index contributed by atoms with van der Waals surface area (Å²) in [6.07, 6.45) is 26.5. The first-order valence-electron chi connectivity index (χ1n) is 22.7. The quantitative estimate of drug-likeness (QED) is 0.0174. The van der Waals surface area contributed by atoms with Gasteiger partial charge in [0.15, 0.2) is 0 Å². The Morgan fingerprint density at radius 1 is 0.593 bits per heavy atom. The van der Waals surface area contributed by atoms with Gasteiger partial charge in [0.05, 0.1) is 31.3 Å². The first-order valence-corrected chi connectivity index (χ1v) is 24.2. The minimum Gasteiger partial charge on any atom is -0.393 e. The van der Waals surface area contributed by atoms with Crippen molar-refractivity contribution in [2.75, 3.05) is 6.61 Å². The van der Waals surface area contributed by atoms with Gasteiger partial charge in [-0.25, -0.2) is 4.57 Å². The van der Waals surface area contributed by atoms with E-state index >= 15 is 0 Å². The van der Waals surface area contributed by atoms with E-state index in [2.05, 4.69) is 55.6 Å². The second-order valence-corrected chi connectivity index (χ2v) is 17.5. The van der Waals surface area contributed by atoms with Crippen molar-refractivity contribution in [3.05, 3.63) is 48.6 Å². The summed E-state index contributed by atoms with van der Waals surface area (Å²) in [6.45, 7) is 3.65. The smallest absolute Gasteiger partial charge is 0.393 e. The minimum atomic E-state index is -5.15. The Bertz CT molecular complexity index is 1200. The Labute approximate surface area is 355 Å².